The smallest absolute Gasteiger partial charge is 1.00 e. The van der Waals surface area contributed by atoms with Gasteiger partial charge < -0.3 is 37.2 Å². The van der Waals surface area contributed by atoms with Gasteiger partial charge in [0.25, 0.3) is 0 Å². The van der Waals surface area contributed by atoms with Gasteiger partial charge in [-0.25, -0.2) is 0 Å². The molecule has 0 aliphatic heterocycles. The normalized spacial score (nSPS) is 10.1. The third-order valence-electron chi connectivity index (χ3n) is 11.9. The molecule has 57 heavy (non-hydrogen) atoms. The molecule has 6 heteroatoms. The van der Waals surface area contributed by atoms with Crippen LogP contribution in [0.4, 0.5) is 0 Å². The van der Waals surface area contributed by atoms with E-state index < -0.39 is 0 Å². The molecular weight excluding hydrogens is 863 g/mol. The van der Waals surface area contributed by atoms with Gasteiger partial charge in [0, 0.05) is 0 Å². The van der Waals surface area contributed by atoms with Crippen LogP contribution >= 0.6 is 0 Å². The second kappa shape index (κ2) is 29.7. The van der Waals surface area contributed by atoms with Crippen LogP contribution in [0.5, 0.6) is 0 Å². The minimum atomic E-state index is 0. The molecule has 0 heterocycles. The van der Waals surface area contributed by atoms with Crippen molar-refractivity contribution in [3.8, 4) is 0 Å². The van der Waals surface area contributed by atoms with E-state index in [2.05, 4.69) is 138 Å². The Morgan fingerprint density at radius 1 is 0.263 bits per heavy atom. The molecule has 0 saturated heterocycles. The third kappa shape index (κ3) is 12.3. The van der Waals surface area contributed by atoms with Crippen LogP contribution in [0.1, 0.15) is 150 Å². The summed E-state index contributed by atoms with van der Waals surface area (Å²) in [6.07, 6.45) is 13.9. The summed E-state index contributed by atoms with van der Waals surface area (Å²) in [5.74, 6) is 0. The Labute approximate surface area is 412 Å². The molecule has 6 aromatic carbocycles. The number of benzene rings is 3. The van der Waals surface area contributed by atoms with Crippen molar-refractivity contribution in [3.63, 3.8) is 0 Å². The van der Waals surface area contributed by atoms with Crippen LogP contribution in [0.25, 0.3) is 32.3 Å². The van der Waals surface area contributed by atoms with Crippen molar-refractivity contribution in [3.05, 3.63) is 121 Å². The van der Waals surface area contributed by atoms with Gasteiger partial charge in [-0.1, -0.05) is 152 Å². The van der Waals surface area contributed by atoms with Gasteiger partial charge in [-0.2, -0.15) is 36.4 Å². The van der Waals surface area contributed by atoms with Crippen LogP contribution < -0.4 is 37.2 Å². The fourth-order valence-corrected chi connectivity index (χ4v) is 9.89. The fourth-order valence-electron chi connectivity index (χ4n) is 9.89. The van der Waals surface area contributed by atoms with Crippen molar-refractivity contribution >= 4 is 32.3 Å². The molecule has 0 spiro atoms. The molecule has 306 valence electrons. The molecule has 6 aromatic rings. The topological polar surface area (TPSA) is 0 Å². The first kappa shape index (κ1) is 60.8. The monoisotopic (exact) mass is 930 g/mol. The fraction of sp³-hybridized carbons (Fsp3) is 0.471. The maximum absolute atomic E-state index is 2.30. The summed E-state index contributed by atoms with van der Waals surface area (Å²) >= 11 is 0. The minimum Gasteiger partial charge on any atom is -1.00 e. The van der Waals surface area contributed by atoms with Gasteiger partial charge in [0.05, 0.1) is 0 Å². The van der Waals surface area contributed by atoms with Gasteiger partial charge in [0.1, 0.15) is 0 Å². The number of rotatable bonds is 12. The summed E-state index contributed by atoms with van der Waals surface area (Å²) in [6, 6.07) is 20.4. The average Bonchev–Trinajstić information content (AvgIpc) is 3.97. The molecular formula is C51H69Cl3Ti3. The number of halogens is 3. The van der Waals surface area contributed by atoms with E-state index in [1.165, 1.54) is 70.8 Å². The van der Waals surface area contributed by atoms with Crippen LogP contribution in [-0.4, -0.2) is 0 Å². The molecule has 6 rings (SSSR count). The first-order valence-electron chi connectivity index (χ1n) is 21.0. The van der Waals surface area contributed by atoms with Crippen molar-refractivity contribution < 1.29 is 102 Å². The van der Waals surface area contributed by atoms with Crippen LogP contribution in [-0.2, 0) is 142 Å². The van der Waals surface area contributed by atoms with Crippen molar-refractivity contribution in [2.45, 2.75) is 160 Å². The van der Waals surface area contributed by atoms with E-state index in [4.69, 9.17) is 0 Å². The van der Waals surface area contributed by atoms with E-state index in [-0.39, 0.29) is 102 Å². The second-order valence-corrected chi connectivity index (χ2v) is 14.0. The van der Waals surface area contributed by atoms with E-state index in [9.17, 15) is 0 Å². The van der Waals surface area contributed by atoms with Gasteiger partial charge in [0.2, 0.25) is 0 Å². The zero-order valence-corrected chi connectivity index (χ0v) is 44.3. The predicted octanol–water partition coefficient (Wildman–Crippen LogP) is 5.43. The van der Waals surface area contributed by atoms with Gasteiger partial charge in [-0.15, -0.1) is 67.2 Å². The number of hydrogen-bond acceptors (Lipinski definition) is 0. The van der Waals surface area contributed by atoms with Crippen LogP contribution in [0, 0.1) is 0 Å². The van der Waals surface area contributed by atoms with E-state index in [1.807, 2.05) is 0 Å². The predicted molar refractivity (Wildman–Crippen MR) is 231 cm³/mol. The molecule has 0 bridgehead atoms. The molecule has 0 aliphatic carbocycles. The molecule has 0 unspecified atom stereocenters. The largest absolute Gasteiger partial charge is 2.00 e. The summed E-state index contributed by atoms with van der Waals surface area (Å²) < 4.78 is 0. The third-order valence-corrected chi connectivity index (χ3v) is 11.9. The van der Waals surface area contributed by atoms with Gasteiger partial charge in [-0.3, -0.25) is 0 Å². The summed E-state index contributed by atoms with van der Waals surface area (Å²) in [4.78, 5) is 0. The zero-order valence-electron chi connectivity index (χ0n) is 37.3. The Bertz CT molecular complexity index is 1670. The summed E-state index contributed by atoms with van der Waals surface area (Å²) in [5, 5.41) is 8.99. The van der Waals surface area contributed by atoms with E-state index >= 15 is 0 Å². The van der Waals surface area contributed by atoms with E-state index in [1.54, 1.807) is 66.8 Å². The Kier molecular flexibility index (Phi) is 31.7. The minimum absolute atomic E-state index is 0. The quantitative estimate of drug-likeness (QED) is 0.114. The van der Waals surface area contributed by atoms with Crippen LogP contribution in [0.3, 0.4) is 0 Å². The number of hydrogen-bond donors (Lipinski definition) is 0. The van der Waals surface area contributed by atoms with Crippen molar-refractivity contribution in [1.29, 1.82) is 0 Å². The molecule has 0 atom stereocenters. The maximum Gasteiger partial charge on any atom is 2.00 e. The van der Waals surface area contributed by atoms with E-state index in [0.717, 1.165) is 38.5 Å². The van der Waals surface area contributed by atoms with Crippen LogP contribution in [0.15, 0.2) is 54.6 Å². The standard InChI is InChI=1S/3C17H23.3ClH.3Ti/c3*1-5-12-13(6-2)15(8-4)17-11-9-10-16(17)14(12)7-3;;;;;;/h3*9-11H,5-8H2,1-4H3;3*1H;;;/q3*-1;;;;3*+2/p-3. The van der Waals surface area contributed by atoms with Crippen molar-refractivity contribution in [1.82, 2.24) is 0 Å². The van der Waals surface area contributed by atoms with Gasteiger partial charge in [0.15, 0.2) is 0 Å². The van der Waals surface area contributed by atoms with E-state index in [0.29, 0.717) is 0 Å². The van der Waals surface area contributed by atoms with Crippen molar-refractivity contribution in [2.75, 3.05) is 0 Å². The Morgan fingerprint density at radius 2 is 0.421 bits per heavy atom. The molecule has 0 N–H and O–H groups in total. The Morgan fingerprint density at radius 3 is 0.579 bits per heavy atom. The number of fused-ring (bicyclic) bond motifs is 3. The number of aryl methyl sites for hydroxylation is 6. The molecule has 0 fully saturated rings. The first-order chi connectivity index (χ1) is 24.8. The molecule has 0 radical (unpaired) electrons. The molecule has 0 amide bonds. The van der Waals surface area contributed by atoms with Gasteiger partial charge in [-0.05, 0) is 57.8 Å². The van der Waals surface area contributed by atoms with Gasteiger partial charge >= 0.3 is 65.2 Å². The SMILES string of the molecule is CCc1c(CC)c(CC)c2[cH-]ccc2c1CC.CCc1c(CC)c(CC)c2[cH-]ccc2c1CC.CCc1c(CC)c(CC)c2[cH-]ccc2c1CC.[Cl-].[Cl-].[Cl-].[Ti+2].[Ti+2].[Ti+2]. The molecule has 0 aromatic heterocycles. The summed E-state index contributed by atoms with van der Waals surface area (Å²) in [5.41, 5.74) is 19.2. The average molecular weight is 932 g/mol. The Hall–Kier alpha value is -0.497. The summed E-state index contributed by atoms with van der Waals surface area (Å²) in [7, 11) is 0. The first-order valence-corrected chi connectivity index (χ1v) is 21.0. The zero-order chi connectivity index (χ0) is 37.2. The molecule has 0 saturated carbocycles. The maximum atomic E-state index is 2.30. The molecule has 0 aliphatic rings. The Balaban J connectivity index is -0.000000729. The second-order valence-electron chi connectivity index (χ2n) is 14.0. The van der Waals surface area contributed by atoms with Crippen molar-refractivity contribution in [2.24, 2.45) is 0 Å². The molecule has 0 nitrogen and oxygen atoms in total. The van der Waals surface area contributed by atoms with Crippen LogP contribution in [0.2, 0.25) is 0 Å². The summed E-state index contributed by atoms with van der Waals surface area (Å²) in [6.45, 7) is 27.5.